The van der Waals surface area contributed by atoms with Gasteiger partial charge < -0.3 is 15.4 Å². The SMILES string of the molecule is COc1ccc(Br)c(NCC(=O)Nc2cccc(Cl)c2Cl)c1. The van der Waals surface area contributed by atoms with E-state index in [1.807, 2.05) is 12.1 Å². The molecule has 0 heterocycles. The van der Waals surface area contributed by atoms with Gasteiger partial charge in [-0.3, -0.25) is 4.79 Å². The minimum Gasteiger partial charge on any atom is -0.497 e. The van der Waals surface area contributed by atoms with Crippen molar-refractivity contribution >= 4 is 56.4 Å². The Morgan fingerprint density at radius 3 is 2.73 bits per heavy atom. The van der Waals surface area contributed by atoms with E-state index in [0.29, 0.717) is 21.5 Å². The molecular weight excluding hydrogens is 391 g/mol. The number of anilines is 2. The monoisotopic (exact) mass is 402 g/mol. The van der Waals surface area contributed by atoms with E-state index in [-0.39, 0.29) is 12.5 Å². The van der Waals surface area contributed by atoms with Crippen LogP contribution in [-0.2, 0) is 4.79 Å². The predicted octanol–water partition coefficient (Wildman–Crippen LogP) is 4.82. The second-order valence-electron chi connectivity index (χ2n) is 4.35. The van der Waals surface area contributed by atoms with E-state index >= 15 is 0 Å². The number of amides is 1. The lowest BCUT2D eigenvalue weighted by molar-refractivity contribution is -0.114. The van der Waals surface area contributed by atoms with E-state index in [1.54, 1.807) is 31.4 Å². The van der Waals surface area contributed by atoms with Gasteiger partial charge in [0, 0.05) is 10.5 Å². The van der Waals surface area contributed by atoms with Crippen molar-refractivity contribution in [1.29, 1.82) is 0 Å². The van der Waals surface area contributed by atoms with Crippen molar-refractivity contribution in [1.82, 2.24) is 0 Å². The lowest BCUT2D eigenvalue weighted by Gasteiger charge is -2.11. The van der Waals surface area contributed by atoms with Crippen molar-refractivity contribution in [3.63, 3.8) is 0 Å². The van der Waals surface area contributed by atoms with Crippen LogP contribution in [0.4, 0.5) is 11.4 Å². The summed E-state index contributed by atoms with van der Waals surface area (Å²) in [6.45, 7) is 0.0780. The summed E-state index contributed by atoms with van der Waals surface area (Å²) >= 11 is 15.3. The highest BCUT2D eigenvalue weighted by Gasteiger charge is 2.09. The second kappa shape index (κ2) is 7.72. The van der Waals surface area contributed by atoms with Gasteiger partial charge in [-0.25, -0.2) is 0 Å². The van der Waals surface area contributed by atoms with E-state index in [2.05, 4.69) is 26.6 Å². The number of benzene rings is 2. The normalized spacial score (nSPS) is 10.2. The molecule has 2 aromatic carbocycles. The first kappa shape index (κ1) is 16.9. The molecule has 22 heavy (non-hydrogen) atoms. The van der Waals surface area contributed by atoms with Crippen LogP contribution in [0, 0.1) is 0 Å². The lowest BCUT2D eigenvalue weighted by atomic mass is 10.3. The van der Waals surface area contributed by atoms with Crippen LogP contribution in [0.15, 0.2) is 40.9 Å². The zero-order valence-corrected chi connectivity index (χ0v) is 14.7. The van der Waals surface area contributed by atoms with Crippen molar-refractivity contribution in [2.75, 3.05) is 24.3 Å². The number of methoxy groups -OCH3 is 1. The van der Waals surface area contributed by atoms with E-state index in [4.69, 9.17) is 27.9 Å². The molecule has 0 aliphatic heterocycles. The molecule has 0 unspecified atom stereocenters. The molecule has 0 atom stereocenters. The molecule has 0 aliphatic carbocycles. The number of rotatable bonds is 5. The maximum absolute atomic E-state index is 12.0. The zero-order chi connectivity index (χ0) is 16.1. The van der Waals surface area contributed by atoms with E-state index in [1.165, 1.54) is 0 Å². The lowest BCUT2D eigenvalue weighted by Crippen LogP contribution is -2.22. The third-order valence-corrected chi connectivity index (χ3v) is 4.35. The van der Waals surface area contributed by atoms with Crippen molar-refractivity contribution in [3.05, 3.63) is 50.9 Å². The number of hydrogen-bond donors (Lipinski definition) is 2. The van der Waals surface area contributed by atoms with Crippen molar-refractivity contribution < 1.29 is 9.53 Å². The summed E-state index contributed by atoms with van der Waals surface area (Å²) in [6.07, 6.45) is 0. The van der Waals surface area contributed by atoms with Gasteiger partial charge in [0.1, 0.15) is 5.75 Å². The molecule has 0 bridgehead atoms. The molecule has 0 saturated heterocycles. The highest BCUT2D eigenvalue weighted by atomic mass is 79.9. The molecule has 2 rings (SSSR count). The first-order valence-corrected chi connectivity index (χ1v) is 7.87. The number of halogens is 3. The summed E-state index contributed by atoms with van der Waals surface area (Å²) in [5, 5.41) is 6.44. The Kier molecular flexibility index (Phi) is 5.94. The van der Waals surface area contributed by atoms with E-state index in [9.17, 15) is 4.79 Å². The Hall–Kier alpha value is -1.43. The molecule has 116 valence electrons. The Morgan fingerprint density at radius 1 is 1.23 bits per heavy atom. The number of nitrogens with one attached hydrogen (secondary N) is 2. The van der Waals surface area contributed by atoms with Gasteiger partial charge in [0.15, 0.2) is 0 Å². The molecule has 7 heteroatoms. The van der Waals surface area contributed by atoms with Crippen LogP contribution < -0.4 is 15.4 Å². The van der Waals surface area contributed by atoms with Gasteiger partial charge >= 0.3 is 0 Å². The quantitative estimate of drug-likeness (QED) is 0.752. The molecule has 1 amide bonds. The number of ether oxygens (including phenoxy) is 1. The number of hydrogen-bond acceptors (Lipinski definition) is 3. The van der Waals surface area contributed by atoms with Crippen LogP contribution in [0.3, 0.4) is 0 Å². The topological polar surface area (TPSA) is 50.4 Å². The first-order valence-electron chi connectivity index (χ1n) is 6.32. The zero-order valence-electron chi connectivity index (χ0n) is 11.6. The smallest absolute Gasteiger partial charge is 0.243 e. The fourth-order valence-corrected chi connectivity index (χ4v) is 2.47. The highest BCUT2D eigenvalue weighted by molar-refractivity contribution is 9.10. The summed E-state index contributed by atoms with van der Waals surface area (Å²) in [4.78, 5) is 12.0. The van der Waals surface area contributed by atoms with Gasteiger partial charge in [-0.15, -0.1) is 0 Å². The molecule has 0 fully saturated rings. The van der Waals surface area contributed by atoms with Crippen molar-refractivity contribution in [2.45, 2.75) is 0 Å². The fraction of sp³-hybridized carbons (Fsp3) is 0.133. The number of carbonyl (C=O) groups is 1. The van der Waals surface area contributed by atoms with E-state index in [0.717, 1.165) is 10.2 Å². The predicted molar refractivity (Wildman–Crippen MR) is 94.3 cm³/mol. The van der Waals surface area contributed by atoms with Gasteiger partial charge in [0.25, 0.3) is 0 Å². The van der Waals surface area contributed by atoms with Crippen LogP contribution in [-0.4, -0.2) is 19.6 Å². The molecule has 0 saturated carbocycles. The van der Waals surface area contributed by atoms with E-state index < -0.39 is 0 Å². The maximum Gasteiger partial charge on any atom is 0.243 e. The van der Waals surface area contributed by atoms with Gasteiger partial charge in [-0.05, 0) is 40.2 Å². The van der Waals surface area contributed by atoms with Gasteiger partial charge in [-0.1, -0.05) is 29.3 Å². The van der Waals surface area contributed by atoms with Crippen LogP contribution in [0.1, 0.15) is 0 Å². The third kappa shape index (κ3) is 4.29. The van der Waals surface area contributed by atoms with Crippen LogP contribution in [0.5, 0.6) is 5.75 Å². The van der Waals surface area contributed by atoms with Gasteiger partial charge in [0.2, 0.25) is 5.91 Å². The average molecular weight is 404 g/mol. The molecule has 0 aromatic heterocycles. The van der Waals surface area contributed by atoms with Crippen molar-refractivity contribution in [3.8, 4) is 5.75 Å². The second-order valence-corrected chi connectivity index (χ2v) is 5.99. The molecule has 0 aliphatic rings. The summed E-state index contributed by atoms with van der Waals surface area (Å²) < 4.78 is 5.98. The molecular formula is C15H13BrCl2N2O2. The molecule has 0 spiro atoms. The Labute approximate surface area is 146 Å². The minimum atomic E-state index is -0.237. The molecule has 0 radical (unpaired) electrons. The Bertz CT molecular complexity index is 695. The highest BCUT2D eigenvalue weighted by Crippen LogP contribution is 2.30. The van der Waals surface area contributed by atoms with Crippen LogP contribution in [0.25, 0.3) is 0 Å². The number of carbonyl (C=O) groups excluding carboxylic acids is 1. The fourth-order valence-electron chi connectivity index (χ4n) is 1.74. The Balaban J connectivity index is 2.00. The standard InChI is InChI=1S/C15H13BrCl2N2O2/c1-22-9-5-6-10(16)13(7-9)19-8-14(21)20-12-4-2-3-11(17)15(12)18/h2-7,19H,8H2,1H3,(H,20,21). The minimum absolute atomic E-state index is 0.0780. The van der Waals surface area contributed by atoms with Gasteiger partial charge in [0.05, 0.1) is 35.1 Å². The van der Waals surface area contributed by atoms with Gasteiger partial charge in [-0.2, -0.15) is 0 Å². The Morgan fingerprint density at radius 2 is 2.00 bits per heavy atom. The largest absolute Gasteiger partial charge is 0.497 e. The third-order valence-electron chi connectivity index (χ3n) is 2.84. The summed E-state index contributed by atoms with van der Waals surface area (Å²) in [5.41, 5.74) is 1.23. The molecule has 2 N–H and O–H groups in total. The summed E-state index contributed by atoms with van der Waals surface area (Å²) in [7, 11) is 1.58. The maximum atomic E-state index is 12.0. The summed E-state index contributed by atoms with van der Waals surface area (Å²) in [6, 6.07) is 10.5. The first-order chi connectivity index (χ1) is 10.5. The molecule has 4 nitrogen and oxygen atoms in total. The van der Waals surface area contributed by atoms with Crippen molar-refractivity contribution in [2.24, 2.45) is 0 Å². The summed E-state index contributed by atoms with van der Waals surface area (Å²) in [5.74, 6) is 0.461. The average Bonchev–Trinajstić information content (AvgIpc) is 2.51. The van der Waals surface area contributed by atoms with Crippen LogP contribution >= 0.6 is 39.1 Å². The molecule has 2 aromatic rings. The van der Waals surface area contributed by atoms with Crippen LogP contribution in [0.2, 0.25) is 10.0 Å².